The summed E-state index contributed by atoms with van der Waals surface area (Å²) in [6, 6.07) is 5.62. The molecule has 0 saturated heterocycles. The summed E-state index contributed by atoms with van der Waals surface area (Å²) in [5, 5.41) is 10.1. The van der Waals surface area contributed by atoms with Crippen molar-refractivity contribution < 1.29 is 14.6 Å². The first kappa shape index (κ1) is 9.97. The highest BCUT2D eigenvalue weighted by atomic mass is 16.5. The summed E-state index contributed by atoms with van der Waals surface area (Å²) in [6.45, 7) is 0. The van der Waals surface area contributed by atoms with Gasteiger partial charge in [0.2, 0.25) is 0 Å². The topological polar surface area (TPSA) is 38.7 Å². The summed E-state index contributed by atoms with van der Waals surface area (Å²) in [4.78, 5) is 0. The molecule has 1 N–H and O–H groups in total. The van der Waals surface area contributed by atoms with Crippen LogP contribution in [0.2, 0.25) is 0 Å². The van der Waals surface area contributed by atoms with E-state index >= 15 is 0 Å². The molecule has 0 radical (unpaired) electrons. The first-order valence-corrected chi connectivity index (χ1v) is 5.80. The molecule has 1 heterocycles. The molecule has 3 rings (SSSR count). The van der Waals surface area contributed by atoms with E-state index in [9.17, 15) is 5.11 Å². The molecule has 0 aromatic heterocycles. The Hall–Kier alpha value is -1.22. The Morgan fingerprint density at radius 2 is 2.19 bits per heavy atom. The van der Waals surface area contributed by atoms with Crippen LogP contribution in [0.3, 0.4) is 0 Å². The van der Waals surface area contributed by atoms with E-state index in [2.05, 4.69) is 0 Å². The van der Waals surface area contributed by atoms with Gasteiger partial charge in [-0.25, -0.2) is 0 Å². The standard InChI is InChI=1S/C13H16O3/c1-15-9-4-5-10-11(14)7-12(8-2-3-8)16-13(10)6-9/h4-6,8,11-12,14H,2-3,7H2,1H3. The van der Waals surface area contributed by atoms with Crippen LogP contribution in [0.5, 0.6) is 11.5 Å². The molecular formula is C13H16O3. The molecule has 3 heteroatoms. The van der Waals surface area contributed by atoms with E-state index in [4.69, 9.17) is 9.47 Å². The number of ether oxygens (including phenoxy) is 2. The van der Waals surface area contributed by atoms with Crippen molar-refractivity contribution in [2.75, 3.05) is 7.11 Å². The molecule has 1 fully saturated rings. The number of rotatable bonds is 2. The van der Waals surface area contributed by atoms with Crippen molar-refractivity contribution in [3.8, 4) is 11.5 Å². The van der Waals surface area contributed by atoms with Gasteiger partial charge in [0, 0.05) is 18.1 Å². The van der Waals surface area contributed by atoms with Gasteiger partial charge in [0.1, 0.15) is 17.6 Å². The molecule has 0 bridgehead atoms. The number of fused-ring (bicyclic) bond motifs is 1. The van der Waals surface area contributed by atoms with Crippen molar-refractivity contribution >= 4 is 0 Å². The molecule has 0 spiro atoms. The maximum Gasteiger partial charge on any atom is 0.129 e. The Bertz CT molecular complexity index is 398. The Morgan fingerprint density at radius 1 is 1.38 bits per heavy atom. The van der Waals surface area contributed by atoms with Gasteiger partial charge in [-0.3, -0.25) is 0 Å². The SMILES string of the molecule is COc1ccc2c(c1)OC(C1CC1)CC2O. The van der Waals surface area contributed by atoms with E-state index in [0.717, 1.165) is 23.5 Å². The molecule has 2 aliphatic rings. The minimum atomic E-state index is -0.389. The van der Waals surface area contributed by atoms with Crippen molar-refractivity contribution in [2.24, 2.45) is 5.92 Å². The summed E-state index contributed by atoms with van der Waals surface area (Å²) >= 11 is 0. The van der Waals surface area contributed by atoms with Gasteiger partial charge in [-0.05, 0) is 30.9 Å². The van der Waals surface area contributed by atoms with Crippen LogP contribution in [-0.4, -0.2) is 18.3 Å². The fraction of sp³-hybridized carbons (Fsp3) is 0.538. The van der Waals surface area contributed by atoms with Gasteiger partial charge in [0.05, 0.1) is 13.2 Å². The molecular weight excluding hydrogens is 204 g/mol. The summed E-state index contributed by atoms with van der Waals surface area (Å²) < 4.78 is 11.1. The predicted octanol–water partition coefficient (Wildman–Crippen LogP) is 2.29. The van der Waals surface area contributed by atoms with Gasteiger partial charge in [-0.15, -0.1) is 0 Å². The second kappa shape index (κ2) is 3.67. The van der Waals surface area contributed by atoms with Crippen LogP contribution in [0.25, 0.3) is 0 Å². The lowest BCUT2D eigenvalue weighted by atomic mass is 9.97. The zero-order valence-electron chi connectivity index (χ0n) is 9.35. The first-order valence-electron chi connectivity index (χ1n) is 5.80. The van der Waals surface area contributed by atoms with Gasteiger partial charge in [0.25, 0.3) is 0 Å². The normalized spacial score (nSPS) is 28.1. The molecule has 0 amide bonds. The Labute approximate surface area is 95.0 Å². The first-order chi connectivity index (χ1) is 7.78. The lowest BCUT2D eigenvalue weighted by Gasteiger charge is -2.29. The Balaban J connectivity index is 1.91. The van der Waals surface area contributed by atoms with Crippen LogP contribution in [0.1, 0.15) is 30.9 Å². The monoisotopic (exact) mass is 220 g/mol. The highest BCUT2D eigenvalue weighted by Gasteiger charge is 2.38. The smallest absolute Gasteiger partial charge is 0.129 e. The summed E-state index contributed by atoms with van der Waals surface area (Å²) in [5.41, 5.74) is 0.887. The molecule has 86 valence electrons. The zero-order valence-corrected chi connectivity index (χ0v) is 9.35. The fourth-order valence-corrected chi connectivity index (χ4v) is 2.33. The van der Waals surface area contributed by atoms with Crippen LogP contribution in [0.4, 0.5) is 0 Å². The molecule has 1 saturated carbocycles. The number of aliphatic hydroxyl groups excluding tert-OH is 1. The number of hydrogen-bond acceptors (Lipinski definition) is 3. The number of methoxy groups -OCH3 is 1. The highest BCUT2D eigenvalue weighted by Crippen LogP contribution is 2.44. The van der Waals surface area contributed by atoms with Crippen LogP contribution >= 0.6 is 0 Å². The van der Waals surface area contributed by atoms with Gasteiger partial charge in [-0.2, -0.15) is 0 Å². The van der Waals surface area contributed by atoms with Crippen molar-refractivity contribution in [1.29, 1.82) is 0 Å². The third-order valence-corrected chi connectivity index (χ3v) is 3.46. The van der Waals surface area contributed by atoms with E-state index in [1.807, 2.05) is 18.2 Å². The Kier molecular flexibility index (Phi) is 2.28. The van der Waals surface area contributed by atoms with Gasteiger partial charge in [0.15, 0.2) is 0 Å². The lowest BCUT2D eigenvalue weighted by Crippen LogP contribution is -2.27. The Morgan fingerprint density at radius 3 is 2.88 bits per heavy atom. The molecule has 1 aromatic carbocycles. The lowest BCUT2D eigenvalue weighted by molar-refractivity contribution is 0.0548. The van der Waals surface area contributed by atoms with E-state index in [1.165, 1.54) is 12.8 Å². The predicted molar refractivity (Wildman–Crippen MR) is 59.7 cm³/mol. The molecule has 1 aromatic rings. The van der Waals surface area contributed by atoms with Crippen LogP contribution in [-0.2, 0) is 0 Å². The van der Waals surface area contributed by atoms with Crippen LogP contribution in [0, 0.1) is 5.92 Å². The van der Waals surface area contributed by atoms with Crippen molar-refractivity contribution in [3.05, 3.63) is 23.8 Å². The van der Waals surface area contributed by atoms with E-state index < -0.39 is 0 Å². The third-order valence-electron chi connectivity index (χ3n) is 3.46. The molecule has 1 aliphatic carbocycles. The van der Waals surface area contributed by atoms with Gasteiger partial charge in [-0.1, -0.05) is 0 Å². The highest BCUT2D eigenvalue weighted by molar-refractivity contribution is 5.43. The molecule has 1 aliphatic heterocycles. The number of benzene rings is 1. The molecule has 3 nitrogen and oxygen atoms in total. The number of aliphatic hydroxyl groups is 1. The number of hydrogen-bond donors (Lipinski definition) is 1. The van der Waals surface area contributed by atoms with Gasteiger partial charge < -0.3 is 14.6 Å². The molecule has 2 atom stereocenters. The summed E-state index contributed by atoms with van der Waals surface area (Å²) in [6.07, 6.45) is 2.99. The van der Waals surface area contributed by atoms with Crippen LogP contribution in [0.15, 0.2) is 18.2 Å². The summed E-state index contributed by atoms with van der Waals surface area (Å²) in [5.74, 6) is 2.21. The maximum absolute atomic E-state index is 10.1. The minimum absolute atomic E-state index is 0.189. The van der Waals surface area contributed by atoms with Crippen LogP contribution < -0.4 is 9.47 Å². The fourth-order valence-electron chi connectivity index (χ4n) is 2.33. The van der Waals surface area contributed by atoms with E-state index in [0.29, 0.717) is 5.92 Å². The van der Waals surface area contributed by atoms with E-state index in [1.54, 1.807) is 7.11 Å². The maximum atomic E-state index is 10.1. The summed E-state index contributed by atoms with van der Waals surface area (Å²) in [7, 11) is 1.64. The van der Waals surface area contributed by atoms with Crippen molar-refractivity contribution in [3.63, 3.8) is 0 Å². The average molecular weight is 220 g/mol. The molecule has 2 unspecified atom stereocenters. The van der Waals surface area contributed by atoms with E-state index in [-0.39, 0.29) is 12.2 Å². The molecule has 16 heavy (non-hydrogen) atoms. The second-order valence-corrected chi connectivity index (χ2v) is 4.65. The zero-order chi connectivity index (χ0) is 11.1. The van der Waals surface area contributed by atoms with Crippen molar-refractivity contribution in [2.45, 2.75) is 31.5 Å². The minimum Gasteiger partial charge on any atom is -0.497 e. The third kappa shape index (κ3) is 1.65. The van der Waals surface area contributed by atoms with Crippen molar-refractivity contribution in [1.82, 2.24) is 0 Å². The second-order valence-electron chi connectivity index (χ2n) is 4.65. The average Bonchev–Trinajstić information content (AvgIpc) is 3.12. The largest absolute Gasteiger partial charge is 0.497 e. The van der Waals surface area contributed by atoms with Gasteiger partial charge >= 0.3 is 0 Å². The quantitative estimate of drug-likeness (QED) is 0.831.